The molecule has 2 atom stereocenters. The number of nitrogens with zero attached hydrogens (tertiary/aromatic N) is 1. The van der Waals surface area contributed by atoms with Gasteiger partial charge in [0, 0.05) is 18.5 Å². The highest BCUT2D eigenvalue weighted by Crippen LogP contribution is 2.30. The molecule has 0 radical (unpaired) electrons. The van der Waals surface area contributed by atoms with E-state index in [9.17, 15) is 4.79 Å². The van der Waals surface area contributed by atoms with Crippen molar-refractivity contribution < 1.29 is 14.3 Å². The largest absolute Gasteiger partial charge is 0.493 e. The molecule has 2 aliphatic heterocycles. The number of hydrogen-bond donors (Lipinski definition) is 0. The van der Waals surface area contributed by atoms with Gasteiger partial charge >= 0.3 is 0 Å². The lowest BCUT2D eigenvalue weighted by atomic mass is 9.93. The number of amides is 1. The SMILES string of the molecule is O=C(c1cccc2ccccc12)N1Cc2ccccc2C[C@H]1COC1=CCC2OC=CC2=C1. The van der Waals surface area contributed by atoms with E-state index in [1.54, 1.807) is 6.26 Å². The average Bonchev–Trinajstić information content (AvgIpc) is 3.34. The fourth-order valence-corrected chi connectivity index (χ4v) is 5.01. The summed E-state index contributed by atoms with van der Waals surface area (Å²) >= 11 is 0. The smallest absolute Gasteiger partial charge is 0.255 e. The van der Waals surface area contributed by atoms with E-state index in [-0.39, 0.29) is 18.1 Å². The lowest BCUT2D eigenvalue weighted by molar-refractivity contribution is 0.0504. The molecule has 0 saturated carbocycles. The van der Waals surface area contributed by atoms with Gasteiger partial charge in [0.15, 0.2) is 0 Å². The third-order valence-electron chi connectivity index (χ3n) is 6.80. The van der Waals surface area contributed by atoms with Gasteiger partial charge in [-0.15, -0.1) is 0 Å². The molecule has 0 N–H and O–H groups in total. The van der Waals surface area contributed by atoms with Crippen LogP contribution in [-0.2, 0) is 22.4 Å². The van der Waals surface area contributed by atoms with E-state index in [2.05, 4.69) is 36.4 Å². The van der Waals surface area contributed by atoms with Crippen LogP contribution in [0.15, 0.2) is 103 Å². The molecule has 0 bridgehead atoms. The maximum Gasteiger partial charge on any atom is 0.255 e. The second-order valence-corrected chi connectivity index (χ2v) is 8.81. The first-order valence-corrected chi connectivity index (χ1v) is 11.5. The van der Waals surface area contributed by atoms with Crippen molar-refractivity contribution in [2.24, 2.45) is 0 Å². The van der Waals surface area contributed by atoms with Crippen molar-refractivity contribution in [1.29, 1.82) is 0 Å². The van der Waals surface area contributed by atoms with Gasteiger partial charge in [-0.1, -0.05) is 60.7 Å². The van der Waals surface area contributed by atoms with Crippen molar-refractivity contribution in [2.45, 2.75) is 31.5 Å². The zero-order valence-corrected chi connectivity index (χ0v) is 18.3. The molecule has 0 aromatic heterocycles. The van der Waals surface area contributed by atoms with Crippen LogP contribution in [0, 0.1) is 0 Å². The molecule has 164 valence electrons. The van der Waals surface area contributed by atoms with Crippen LogP contribution in [0.1, 0.15) is 27.9 Å². The van der Waals surface area contributed by atoms with Crippen LogP contribution in [0.2, 0.25) is 0 Å². The summed E-state index contributed by atoms with van der Waals surface area (Å²) in [6.45, 7) is 1.04. The fraction of sp³-hybridized carbons (Fsp3) is 0.207. The second-order valence-electron chi connectivity index (χ2n) is 8.81. The number of benzene rings is 3. The van der Waals surface area contributed by atoms with Crippen molar-refractivity contribution in [2.75, 3.05) is 6.61 Å². The first-order valence-electron chi connectivity index (χ1n) is 11.5. The van der Waals surface area contributed by atoms with Gasteiger partial charge in [0.05, 0.1) is 12.3 Å². The van der Waals surface area contributed by atoms with Crippen molar-refractivity contribution >= 4 is 16.7 Å². The Balaban J connectivity index is 1.29. The minimum absolute atomic E-state index is 0.0428. The van der Waals surface area contributed by atoms with E-state index in [0.29, 0.717) is 13.2 Å². The highest BCUT2D eigenvalue weighted by Gasteiger charge is 2.32. The number of ether oxygens (including phenoxy) is 2. The van der Waals surface area contributed by atoms with Crippen molar-refractivity contribution in [3.8, 4) is 0 Å². The quantitative estimate of drug-likeness (QED) is 0.539. The third kappa shape index (κ3) is 3.72. The minimum Gasteiger partial charge on any atom is -0.493 e. The highest BCUT2D eigenvalue weighted by molar-refractivity contribution is 6.07. The van der Waals surface area contributed by atoms with Crippen LogP contribution in [-0.4, -0.2) is 29.6 Å². The molecule has 0 saturated heterocycles. The summed E-state index contributed by atoms with van der Waals surface area (Å²) in [6, 6.07) is 22.4. The van der Waals surface area contributed by atoms with E-state index in [1.807, 2.05) is 53.5 Å². The van der Waals surface area contributed by atoms with Gasteiger partial charge in [0.1, 0.15) is 18.5 Å². The number of hydrogen-bond acceptors (Lipinski definition) is 3. The van der Waals surface area contributed by atoms with Crippen LogP contribution in [0.3, 0.4) is 0 Å². The Labute approximate surface area is 193 Å². The number of fused-ring (bicyclic) bond motifs is 3. The van der Waals surface area contributed by atoms with E-state index in [1.165, 1.54) is 11.1 Å². The Morgan fingerprint density at radius 3 is 2.76 bits per heavy atom. The third-order valence-corrected chi connectivity index (χ3v) is 6.80. The van der Waals surface area contributed by atoms with Crippen molar-refractivity contribution in [3.05, 3.63) is 119 Å². The van der Waals surface area contributed by atoms with Gasteiger partial charge in [-0.05, 0) is 58.2 Å². The summed E-state index contributed by atoms with van der Waals surface area (Å²) in [6.07, 6.45) is 9.57. The number of carbonyl (C=O) groups excluding carboxylic acids is 1. The van der Waals surface area contributed by atoms with E-state index < -0.39 is 0 Å². The molecule has 0 fully saturated rings. The average molecular weight is 436 g/mol. The number of carbonyl (C=O) groups is 1. The molecule has 3 aromatic rings. The molecular formula is C29H25NO3. The predicted molar refractivity (Wildman–Crippen MR) is 129 cm³/mol. The lowest BCUT2D eigenvalue weighted by Gasteiger charge is -2.37. The zero-order chi connectivity index (χ0) is 22.2. The molecule has 1 aliphatic carbocycles. The first kappa shape index (κ1) is 19.9. The Kier molecular flexibility index (Phi) is 4.99. The maximum absolute atomic E-state index is 13.9. The topological polar surface area (TPSA) is 38.8 Å². The first-order chi connectivity index (χ1) is 16.3. The minimum atomic E-state index is -0.0428. The Hall–Kier alpha value is -3.79. The van der Waals surface area contributed by atoms with Crippen LogP contribution in [0.5, 0.6) is 0 Å². The van der Waals surface area contributed by atoms with Crippen LogP contribution in [0.4, 0.5) is 0 Å². The van der Waals surface area contributed by atoms with Gasteiger partial charge in [0.2, 0.25) is 0 Å². The van der Waals surface area contributed by atoms with Gasteiger partial charge < -0.3 is 14.4 Å². The maximum atomic E-state index is 13.9. The summed E-state index contributed by atoms with van der Waals surface area (Å²) in [4.78, 5) is 15.8. The van der Waals surface area contributed by atoms with Crippen LogP contribution >= 0.6 is 0 Å². The molecule has 3 aliphatic rings. The Morgan fingerprint density at radius 1 is 1.00 bits per heavy atom. The highest BCUT2D eigenvalue weighted by atomic mass is 16.5. The van der Waals surface area contributed by atoms with Gasteiger partial charge in [-0.2, -0.15) is 0 Å². The van der Waals surface area contributed by atoms with Crippen molar-refractivity contribution in [3.63, 3.8) is 0 Å². The molecule has 1 unspecified atom stereocenters. The molecular weight excluding hydrogens is 410 g/mol. The molecule has 33 heavy (non-hydrogen) atoms. The van der Waals surface area contributed by atoms with Gasteiger partial charge in [-0.25, -0.2) is 0 Å². The number of rotatable bonds is 4. The Morgan fingerprint density at radius 2 is 1.82 bits per heavy atom. The zero-order valence-electron chi connectivity index (χ0n) is 18.3. The summed E-state index contributed by atoms with van der Waals surface area (Å²) in [5.41, 5.74) is 4.38. The Bertz CT molecular complexity index is 1310. The van der Waals surface area contributed by atoms with E-state index in [4.69, 9.17) is 9.47 Å². The molecule has 1 amide bonds. The molecule has 4 nitrogen and oxygen atoms in total. The fourth-order valence-electron chi connectivity index (χ4n) is 5.01. The van der Waals surface area contributed by atoms with Gasteiger partial charge in [0.25, 0.3) is 5.91 Å². The second kappa shape index (κ2) is 8.28. The van der Waals surface area contributed by atoms with Crippen molar-refractivity contribution in [1.82, 2.24) is 4.90 Å². The summed E-state index contributed by atoms with van der Waals surface area (Å²) in [5, 5.41) is 2.07. The molecule has 0 spiro atoms. The summed E-state index contributed by atoms with van der Waals surface area (Å²) < 4.78 is 11.8. The molecule has 6 rings (SSSR count). The molecule has 2 heterocycles. The monoisotopic (exact) mass is 435 g/mol. The lowest BCUT2D eigenvalue weighted by Crippen LogP contribution is -2.46. The van der Waals surface area contributed by atoms with E-state index in [0.717, 1.165) is 40.5 Å². The predicted octanol–water partition coefficient (Wildman–Crippen LogP) is 5.55. The summed E-state index contributed by atoms with van der Waals surface area (Å²) in [5.74, 6) is 0.908. The molecule has 3 aromatic carbocycles. The normalized spacial score (nSPS) is 21.0. The van der Waals surface area contributed by atoms with Gasteiger partial charge in [-0.3, -0.25) is 4.79 Å². The summed E-state index contributed by atoms with van der Waals surface area (Å²) in [7, 11) is 0. The van der Waals surface area contributed by atoms with Crippen LogP contribution < -0.4 is 0 Å². The standard InChI is InChI=1S/C29H25NO3/c31-29(27-11-5-9-20-6-3-4-10-26(20)27)30-18-23-8-2-1-7-21(23)16-24(30)19-33-25-12-13-28-22(17-25)14-15-32-28/h1-12,14-15,17,24,28H,13,16,18-19H2/t24-,28?/m0/s1. The number of allylic oxidation sites excluding steroid dienone is 1. The molecule has 4 heteroatoms. The van der Waals surface area contributed by atoms with Crippen LogP contribution in [0.25, 0.3) is 10.8 Å². The van der Waals surface area contributed by atoms with E-state index >= 15 is 0 Å².